The van der Waals surface area contributed by atoms with E-state index in [1.54, 1.807) is 18.2 Å². The number of nitrogens with one attached hydrogen (secondary N) is 1. The lowest BCUT2D eigenvalue weighted by Gasteiger charge is -2.06. The molecule has 6 heteroatoms. The van der Waals surface area contributed by atoms with E-state index in [4.69, 9.17) is 4.74 Å². The Labute approximate surface area is 135 Å². The van der Waals surface area contributed by atoms with Crippen LogP contribution >= 0.6 is 11.3 Å². The molecule has 23 heavy (non-hydrogen) atoms. The molecule has 1 N–H and O–H groups in total. The molecule has 0 bridgehead atoms. The largest absolute Gasteiger partial charge is 0.465 e. The maximum Gasteiger partial charge on any atom is 0.341 e. The minimum Gasteiger partial charge on any atom is -0.465 e. The first-order valence-electron chi connectivity index (χ1n) is 6.77. The van der Waals surface area contributed by atoms with Gasteiger partial charge in [0.2, 0.25) is 0 Å². The fourth-order valence-electron chi connectivity index (χ4n) is 2.25. The molecule has 1 heterocycles. The number of fused-ring (bicyclic) bond motifs is 1. The highest BCUT2D eigenvalue weighted by Gasteiger charge is 2.22. The first-order chi connectivity index (χ1) is 11.1. The van der Waals surface area contributed by atoms with Crippen LogP contribution < -0.4 is 5.32 Å². The molecule has 116 valence electrons. The van der Waals surface area contributed by atoms with Gasteiger partial charge in [0.1, 0.15) is 16.4 Å². The second-order valence-electron chi connectivity index (χ2n) is 4.73. The summed E-state index contributed by atoms with van der Waals surface area (Å²) in [6.45, 7) is 0. The summed E-state index contributed by atoms with van der Waals surface area (Å²) < 4.78 is 19.4. The number of rotatable bonds is 3. The van der Waals surface area contributed by atoms with Crippen molar-refractivity contribution in [1.29, 1.82) is 0 Å². The van der Waals surface area contributed by atoms with Gasteiger partial charge in [0.05, 0.1) is 12.7 Å². The van der Waals surface area contributed by atoms with Crippen molar-refractivity contribution in [3.63, 3.8) is 0 Å². The molecule has 1 aromatic heterocycles. The number of esters is 1. The van der Waals surface area contributed by atoms with E-state index in [9.17, 15) is 14.0 Å². The van der Waals surface area contributed by atoms with Gasteiger partial charge in [-0.2, -0.15) is 0 Å². The van der Waals surface area contributed by atoms with E-state index >= 15 is 0 Å². The number of methoxy groups -OCH3 is 1. The quantitative estimate of drug-likeness (QED) is 0.737. The molecule has 0 radical (unpaired) electrons. The van der Waals surface area contributed by atoms with Gasteiger partial charge in [-0.05, 0) is 18.2 Å². The van der Waals surface area contributed by atoms with E-state index in [1.807, 2.05) is 12.1 Å². The monoisotopic (exact) mass is 329 g/mol. The third-order valence-corrected chi connectivity index (χ3v) is 4.42. The van der Waals surface area contributed by atoms with E-state index in [2.05, 4.69) is 5.32 Å². The molecule has 0 unspecified atom stereocenters. The molecule has 0 atom stereocenters. The Morgan fingerprint density at radius 1 is 1.09 bits per heavy atom. The summed E-state index contributed by atoms with van der Waals surface area (Å²) in [6.07, 6.45) is 0. The minimum atomic E-state index is -0.620. The maximum absolute atomic E-state index is 13.7. The Hall–Kier alpha value is -2.73. The number of hydrogen-bond acceptors (Lipinski definition) is 4. The number of hydrogen-bond donors (Lipinski definition) is 1. The van der Waals surface area contributed by atoms with Gasteiger partial charge in [0.25, 0.3) is 5.91 Å². The van der Waals surface area contributed by atoms with Crippen molar-refractivity contribution in [3.05, 3.63) is 65.5 Å². The Kier molecular flexibility index (Phi) is 4.08. The number of halogens is 1. The van der Waals surface area contributed by atoms with Crippen LogP contribution in [0.1, 0.15) is 20.7 Å². The van der Waals surface area contributed by atoms with Gasteiger partial charge in [-0.25, -0.2) is 9.18 Å². The smallest absolute Gasteiger partial charge is 0.341 e. The van der Waals surface area contributed by atoms with Crippen molar-refractivity contribution in [2.24, 2.45) is 0 Å². The van der Waals surface area contributed by atoms with Gasteiger partial charge in [-0.1, -0.05) is 30.3 Å². The predicted octanol–water partition coefficient (Wildman–Crippen LogP) is 4.08. The van der Waals surface area contributed by atoms with E-state index in [-0.39, 0.29) is 11.1 Å². The van der Waals surface area contributed by atoms with Crippen LogP contribution in [0.4, 0.5) is 9.39 Å². The van der Waals surface area contributed by atoms with Crippen molar-refractivity contribution in [2.45, 2.75) is 0 Å². The molecular weight excluding hydrogens is 317 g/mol. The van der Waals surface area contributed by atoms with Gasteiger partial charge in [-0.15, -0.1) is 11.3 Å². The molecule has 0 fully saturated rings. The normalized spacial score (nSPS) is 10.5. The number of amides is 1. The van der Waals surface area contributed by atoms with Crippen LogP contribution in [-0.2, 0) is 4.74 Å². The molecule has 0 saturated heterocycles. The Morgan fingerprint density at radius 2 is 1.78 bits per heavy atom. The fourth-order valence-corrected chi connectivity index (χ4v) is 3.34. The summed E-state index contributed by atoms with van der Waals surface area (Å²) in [5.41, 5.74) is 0.193. The van der Waals surface area contributed by atoms with Crippen molar-refractivity contribution in [2.75, 3.05) is 12.4 Å². The van der Waals surface area contributed by atoms with Crippen LogP contribution in [0, 0.1) is 5.82 Å². The van der Waals surface area contributed by atoms with Gasteiger partial charge in [-0.3, -0.25) is 4.79 Å². The van der Waals surface area contributed by atoms with Crippen molar-refractivity contribution in [3.8, 4) is 0 Å². The highest BCUT2D eigenvalue weighted by atomic mass is 32.1. The maximum atomic E-state index is 13.7. The zero-order chi connectivity index (χ0) is 16.4. The summed E-state index contributed by atoms with van der Waals surface area (Å²) in [7, 11) is 1.28. The lowest BCUT2D eigenvalue weighted by molar-refractivity contribution is 0.0604. The van der Waals surface area contributed by atoms with Crippen molar-refractivity contribution in [1.82, 2.24) is 0 Å². The summed E-state index contributed by atoms with van der Waals surface area (Å²) >= 11 is 1.24. The highest BCUT2D eigenvalue weighted by molar-refractivity contribution is 7.23. The van der Waals surface area contributed by atoms with E-state index < -0.39 is 17.7 Å². The number of benzene rings is 2. The first kappa shape index (κ1) is 15.2. The average Bonchev–Trinajstić information content (AvgIpc) is 2.92. The van der Waals surface area contributed by atoms with Crippen LogP contribution in [-0.4, -0.2) is 19.0 Å². The van der Waals surface area contributed by atoms with Crippen LogP contribution in [0.5, 0.6) is 0 Å². The molecule has 1 amide bonds. The zero-order valence-corrected chi connectivity index (χ0v) is 12.9. The van der Waals surface area contributed by atoms with Gasteiger partial charge < -0.3 is 10.1 Å². The minimum absolute atomic E-state index is 0.0826. The second-order valence-corrected chi connectivity index (χ2v) is 5.78. The lowest BCUT2D eigenvalue weighted by Crippen LogP contribution is -2.15. The number of carbonyl (C=O) groups is 2. The molecule has 0 aliphatic heterocycles. The standard InChI is InChI=1S/C17H12FNO3S/c1-22-17(21)14-11-7-3-5-9-13(11)23-16(14)19-15(20)10-6-2-4-8-12(10)18/h2-9H,1H3,(H,19,20). The first-order valence-corrected chi connectivity index (χ1v) is 7.59. The fraction of sp³-hybridized carbons (Fsp3) is 0.0588. The number of ether oxygens (including phenoxy) is 1. The molecule has 3 aromatic rings. The van der Waals surface area contributed by atoms with E-state index in [0.29, 0.717) is 10.4 Å². The SMILES string of the molecule is COC(=O)c1c(NC(=O)c2ccccc2F)sc2ccccc12. The molecule has 3 rings (SSSR count). The van der Waals surface area contributed by atoms with E-state index in [0.717, 1.165) is 4.70 Å². The Bertz CT molecular complexity index is 904. The predicted molar refractivity (Wildman–Crippen MR) is 87.5 cm³/mol. The van der Waals surface area contributed by atoms with Gasteiger partial charge >= 0.3 is 5.97 Å². The molecule has 0 aliphatic rings. The Morgan fingerprint density at radius 3 is 2.52 bits per heavy atom. The van der Waals surface area contributed by atoms with Crippen molar-refractivity contribution < 1.29 is 18.7 Å². The number of anilines is 1. The van der Waals surface area contributed by atoms with Gasteiger partial charge in [0.15, 0.2) is 0 Å². The summed E-state index contributed by atoms with van der Waals surface area (Å²) in [4.78, 5) is 24.3. The summed E-state index contributed by atoms with van der Waals surface area (Å²) in [6, 6.07) is 12.9. The van der Waals surface area contributed by atoms with Crippen LogP contribution in [0.3, 0.4) is 0 Å². The molecule has 2 aromatic carbocycles. The average molecular weight is 329 g/mol. The third-order valence-electron chi connectivity index (χ3n) is 3.33. The van der Waals surface area contributed by atoms with Crippen LogP contribution in [0.15, 0.2) is 48.5 Å². The molecule has 0 aliphatic carbocycles. The molecule has 0 saturated carbocycles. The van der Waals surface area contributed by atoms with Crippen LogP contribution in [0.25, 0.3) is 10.1 Å². The highest BCUT2D eigenvalue weighted by Crippen LogP contribution is 2.36. The summed E-state index contributed by atoms with van der Waals surface area (Å²) in [5.74, 6) is -1.78. The zero-order valence-electron chi connectivity index (χ0n) is 12.1. The topological polar surface area (TPSA) is 55.4 Å². The van der Waals surface area contributed by atoms with Gasteiger partial charge in [0, 0.05) is 10.1 Å². The third kappa shape index (κ3) is 2.80. The number of thiophene rings is 1. The Balaban J connectivity index is 2.04. The molecule has 4 nitrogen and oxygen atoms in total. The van der Waals surface area contributed by atoms with Crippen molar-refractivity contribution >= 4 is 38.3 Å². The lowest BCUT2D eigenvalue weighted by atomic mass is 10.1. The van der Waals surface area contributed by atoms with E-state index in [1.165, 1.54) is 36.6 Å². The summed E-state index contributed by atoms with van der Waals surface area (Å²) in [5, 5.41) is 3.64. The van der Waals surface area contributed by atoms with Crippen LogP contribution in [0.2, 0.25) is 0 Å². The molecule has 0 spiro atoms. The second kappa shape index (κ2) is 6.18. The number of carbonyl (C=O) groups excluding carboxylic acids is 2. The molecular formula is C17H12FNO3S.